The van der Waals surface area contributed by atoms with Crippen LogP contribution >= 0.6 is 0 Å². The van der Waals surface area contributed by atoms with E-state index in [2.05, 4.69) is 12.1 Å². The number of para-hydroxylation sites is 1. The number of fused-ring (bicyclic) bond motifs is 1. The summed E-state index contributed by atoms with van der Waals surface area (Å²) < 4.78 is 0. The highest BCUT2D eigenvalue weighted by molar-refractivity contribution is 5.54. The van der Waals surface area contributed by atoms with Crippen LogP contribution in [0, 0.1) is 6.61 Å². The van der Waals surface area contributed by atoms with Crippen LogP contribution in [-0.2, 0) is 4.84 Å². The summed E-state index contributed by atoms with van der Waals surface area (Å²) in [6, 6.07) is 7.77. The Hall–Kier alpha value is -1.02. The highest BCUT2D eigenvalue weighted by Gasteiger charge is 2.09. The van der Waals surface area contributed by atoms with Gasteiger partial charge in [0, 0.05) is 5.56 Å². The molecule has 1 N–H and O–H groups in total. The van der Waals surface area contributed by atoms with Crippen molar-refractivity contribution in [2.75, 3.05) is 5.48 Å². The lowest BCUT2D eigenvalue weighted by Gasteiger charge is -1.91. The van der Waals surface area contributed by atoms with Gasteiger partial charge in [0.1, 0.15) is 0 Å². The standard InChI is InChI=1S/C7H5NO/c1-2-4-7-6(3-1)5-9-8-7/h1-4,8H. The number of benzene rings is 1. The van der Waals surface area contributed by atoms with Crippen molar-refractivity contribution in [2.45, 2.75) is 0 Å². The number of anilines is 1. The molecule has 0 aromatic heterocycles. The van der Waals surface area contributed by atoms with Crippen LogP contribution in [-0.4, -0.2) is 0 Å². The predicted octanol–water partition coefficient (Wildman–Crippen LogP) is 1.43. The Morgan fingerprint density at radius 1 is 1.33 bits per heavy atom. The van der Waals surface area contributed by atoms with Crippen LogP contribution in [0.2, 0.25) is 0 Å². The van der Waals surface area contributed by atoms with Gasteiger partial charge in [-0.05, 0) is 6.07 Å². The Labute approximate surface area is 53.4 Å². The first-order valence-electron chi connectivity index (χ1n) is 2.74. The molecule has 2 rings (SSSR count). The summed E-state index contributed by atoms with van der Waals surface area (Å²) in [6.07, 6.45) is 0. The van der Waals surface area contributed by atoms with Crippen molar-refractivity contribution < 1.29 is 4.84 Å². The summed E-state index contributed by atoms with van der Waals surface area (Å²) in [5.74, 6) is 0. The van der Waals surface area contributed by atoms with E-state index in [4.69, 9.17) is 4.84 Å². The van der Waals surface area contributed by atoms with Gasteiger partial charge in [-0.3, -0.25) is 10.3 Å². The van der Waals surface area contributed by atoms with E-state index in [1.165, 1.54) is 0 Å². The molecule has 0 fully saturated rings. The molecule has 44 valence electrons. The van der Waals surface area contributed by atoms with E-state index in [1.807, 2.05) is 24.3 Å². The van der Waals surface area contributed by atoms with E-state index in [1.54, 1.807) is 0 Å². The summed E-state index contributed by atoms with van der Waals surface area (Å²) >= 11 is 0. The van der Waals surface area contributed by atoms with Crippen molar-refractivity contribution in [1.29, 1.82) is 0 Å². The van der Waals surface area contributed by atoms with Gasteiger partial charge in [-0.2, -0.15) is 0 Å². The van der Waals surface area contributed by atoms with E-state index in [0.29, 0.717) is 0 Å². The second kappa shape index (κ2) is 1.74. The smallest absolute Gasteiger partial charge is 0.201 e. The lowest BCUT2D eigenvalue weighted by Crippen LogP contribution is -1.85. The molecule has 0 saturated heterocycles. The molecule has 0 unspecified atom stereocenters. The zero-order chi connectivity index (χ0) is 6.10. The Bertz CT molecular complexity index is 199. The van der Waals surface area contributed by atoms with E-state index in [0.717, 1.165) is 11.3 Å². The molecule has 0 amide bonds. The minimum atomic E-state index is 0.984. The average Bonchev–Trinajstić information content (AvgIpc) is 2.33. The van der Waals surface area contributed by atoms with Crippen LogP contribution in [0.15, 0.2) is 24.3 Å². The predicted molar refractivity (Wildman–Crippen MR) is 33.5 cm³/mol. The van der Waals surface area contributed by atoms with Gasteiger partial charge < -0.3 is 0 Å². The first-order valence-corrected chi connectivity index (χ1v) is 2.74. The van der Waals surface area contributed by atoms with Crippen LogP contribution < -0.4 is 5.48 Å². The maximum absolute atomic E-state index is 4.71. The van der Waals surface area contributed by atoms with E-state index < -0.39 is 0 Å². The maximum Gasteiger partial charge on any atom is 0.201 e. The molecule has 9 heavy (non-hydrogen) atoms. The van der Waals surface area contributed by atoms with E-state index in [9.17, 15) is 0 Å². The Morgan fingerprint density at radius 2 is 2.22 bits per heavy atom. The van der Waals surface area contributed by atoms with Gasteiger partial charge in [-0.1, -0.05) is 18.2 Å². The fourth-order valence-electron chi connectivity index (χ4n) is 0.797. The highest BCUT2D eigenvalue weighted by Crippen LogP contribution is 2.22. The molecule has 2 radical (unpaired) electrons. The van der Waals surface area contributed by atoms with Crippen LogP contribution in [0.5, 0.6) is 0 Å². The molecule has 0 aliphatic carbocycles. The topological polar surface area (TPSA) is 21.3 Å². The van der Waals surface area contributed by atoms with Gasteiger partial charge in [0.25, 0.3) is 0 Å². The molecule has 1 aliphatic heterocycles. The van der Waals surface area contributed by atoms with Crippen molar-refractivity contribution >= 4 is 5.69 Å². The molecule has 1 heterocycles. The lowest BCUT2D eigenvalue weighted by atomic mass is 10.2. The van der Waals surface area contributed by atoms with Crippen molar-refractivity contribution in [3.63, 3.8) is 0 Å². The SMILES string of the molecule is [C]1ONc2ccccc21. The molecule has 1 aliphatic rings. The summed E-state index contributed by atoms with van der Waals surface area (Å²) in [5.41, 5.74) is 4.66. The first kappa shape index (κ1) is 4.82. The van der Waals surface area contributed by atoms with Crippen LogP contribution in [0.4, 0.5) is 5.69 Å². The van der Waals surface area contributed by atoms with E-state index >= 15 is 0 Å². The number of nitrogens with one attached hydrogen (secondary N) is 1. The lowest BCUT2D eigenvalue weighted by molar-refractivity contribution is 0.306. The van der Waals surface area contributed by atoms with Gasteiger partial charge in [-0.15, -0.1) is 0 Å². The minimum Gasteiger partial charge on any atom is -0.265 e. The number of hydrogen-bond acceptors (Lipinski definition) is 2. The highest BCUT2D eigenvalue weighted by atomic mass is 16.6. The van der Waals surface area contributed by atoms with Gasteiger partial charge in [0.15, 0.2) is 0 Å². The van der Waals surface area contributed by atoms with Crippen molar-refractivity contribution in [2.24, 2.45) is 0 Å². The minimum absolute atomic E-state index is 0.984. The quantitative estimate of drug-likeness (QED) is 0.557. The molecule has 2 nitrogen and oxygen atoms in total. The Kier molecular flexibility index (Phi) is 0.932. The molecule has 2 heteroatoms. The molecule has 1 aromatic carbocycles. The third-order valence-corrected chi connectivity index (χ3v) is 1.25. The van der Waals surface area contributed by atoms with Crippen LogP contribution in [0.25, 0.3) is 0 Å². The third-order valence-electron chi connectivity index (χ3n) is 1.25. The maximum atomic E-state index is 4.71. The molecular formula is C7H5NO. The fraction of sp³-hybridized carbons (Fsp3) is 0. The Balaban J connectivity index is 2.54. The normalized spacial score (nSPS) is 14.7. The fourth-order valence-corrected chi connectivity index (χ4v) is 0.797. The zero-order valence-corrected chi connectivity index (χ0v) is 4.72. The third kappa shape index (κ3) is 0.678. The van der Waals surface area contributed by atoms with Crippen molar-refractivity contribution in [3.8, 4) is 0 Å². The summed E-state index contributed by atoms with van der Waals surface area (Å²) in [4.78, 5) is 4.71. The zero-order valence-electron chi connectivity index (χ0n) is 4.72. The van der Waals surface area contributed by atoms with Crippen molar-refractivity contribution in [1.82, 2.24) is 0 Å². The van der Waals surface area contributed by atoms with Crippen LogP contribution in [0.1, 0.15) is 5.56 Å². The van der Waals surface area contributed by atoms with Gasteiger partial charge in [-0.25, -0.2) is 0 Å². The Morgan fingerprint density at radius 3 is 3.11 bits per heavy atom. The number of rotatable bonds is 0. The number of hydrogen-bond donors (Lipinski definition) is 1. The molecule has 0 saturated carbocycles. The van der Waals surface area contributed by atoms with Gasteiger partial charge >= 0.3 is 0 Å². The monoisotopic (exact) mass is 119 g/mol. The molecule has 1 aromatic rings. The molecule has 0 atom stereocenters. The molecule has 0 spiro atoms. The summed E-state index contributed by atoms with van der Waals surface area (Å²) in [5, 5.41) is 0. The molecular weight excluding hydrogens is 114 g/mol. The summed E-state index contributed by atoms with van der Waals surface area (Å²) in [6.45, 7) is 2.69. The van der Waals surface area contributed by atoms with Gasteiger partial charge in [0.2, 0.25) is 6.61 Å². The second-order valence-electron chi connectivity index (χ2n) is 1.85. The van der Waals surface area contributed by atoms with E-state index in [-0.39, 0.29) is 0 Å². The average molecular weight is 119 g/mol. The van der Waals surface area contributed by atoms with Crippen LogP contribution in [0.3, 0.4) is 0 Å². The van der Waals surface area contributed by atoms with Gasteiger partial charge in [0.05, 0.1) is 5.69 Å². The second-order valence-corrected chi connectivity index (χ2v) is 1.85. The molecule has 0 bridgehead atoms. The summed E-state index contributed by atoms with van der Waals surface area (Å²) in [7, 11) is 0. The first-order chi connectivity index (χ1) is 4.47. The largest absolute Gasteiger partial charge is 0.265 e. The van der Waals surface area contributed by atoms with Crippen molar-refractivity contribution in [3.05, 3.63) is 36.4 Å².